The Morgan fingerprint density at radius 2 is 1.91 bits per heavy atom. The molecule has 6 nitrogen and oxygen atoms in total. The van der Waals surface area contributed by atoms with E-state index in [1.54, 1.807) is 18.9 Å². The van der Waals surface area contributed by atoms with E-state index in [0.717, 1.165) is 70.0 Å². The second-order valence-electron chi connectivity index (χ2n) is 8.67. The maximum Gasteiger partial charge on any atom is 0.273 e. The van der Waals surface area contributed by atoms with Gasteiger partial charge in [-0.05, 0) is 67.9 Å². The summed E-state index contributed by atoms with van der Waals surface area (Å²) in [5.74, 6) is 2.40. The van der Waals surface area contributed by atoms with E-state index in [0.29, 0.717) is 18.3 Å². The Bertz CT molecular complexity index is 1050. The summed E-state index contributed by atoms with van der Waals surface area (Å²) in [4.78, 5) is 18.8. The lowest BCUT2D eigenvalue weighted by Gasteiger charge is -2.24. The molecule has 1 unspecified atom stereocenters. The topological polar surface area (TPSA) is 45.0 Å². The summed E-state index contributed by atoms with van der Waals surface area (Å²) in [6.45, 7) is 4.97. The van der Waals surface area contributed by atoms with E-state index in [1.165, 1.54) is 12.8 Å². The van der Waals surface area contributed by atoms with E-state index in [9.17, 15) is 4.91 Å². The highest BCUT2D eigenvalue weighted by molar-refractivity contribution is 8.03. The molecule has 3 heterocycles. The summed E-state index contributed by atoms with van der Waals surface area (Å²) >= 11 is 7.80. The number of thioether (sulfide) groups is 1. The molecule has 1 saturated heterocycles. The van der Waals surface area contributed by atoms with Gasteiger partial charge >= 0.3 is 0 Å². The third-order valence-corrected chi connectivity index (χ3v) is 8.03. The predicted molar refractivity (Wildman–Crippen MR) is 134 cm³/mol. The summed E-state index contributed by atoms with van der Waals surface area (Å²) in [6, 6.07) is 13.8. The maximum absolute atomic E-state index is 13.1. The summed E-state index contributed by atoms with van der Waals surface area (Å²) in [5.41, 5.74) is 2.99. The lowest BCUT2D eigenvalue weighted by atomic mass is 9.96. The molecular weight excluding hydrogens is 458 g/mol. The molecule has 0 saturated carbocycles. The van der Waals surface area contributed by atoms with Crippen LogP contribution in [-0.4, -0.2) is 62.0 Å². The van der Waals surface area contributed by atoms with Crippen molar-refractivity contribution in [1.29, 1.82) is 0 Å². The van der Waals surface area contributed by atoms with Crippen LogP contribution >= 0.6 is 23.4 Å². The second kappa shape index (κ2) is 9.95. The third kappa shape index (κ3) is 4.86. The minimum atomic E-state index is 0.0578. The third-order valence-electron chi connectivity index (χ3n) is 6.59. The van der Waals surface area contributed by atoms with E-state index in [-0.39, 0.29) is 5.92 Å². The molecule has 0 aromatic heterocycles. The molecule has 3 aliphatic heterocycles. The molecule has 8 heteroatoms. The lowest BCUT2D eigenvalue weighted by Crippen LogP contribution is -2.37. The molecule has 0 amide bonds. The van der Waals surface area contributed by atoms with Crippen LogP contribution in [-0.2, 0) is 0 Å². The molecule has 3 aliphatic rings. The number of nitroso groups, excluding NO2 is 1. The Hall–Kier alpha value is -2.22. The smallest absolute Gasteiger partial charge is 0.273 e. The van der Waals surface area contributed by atoms with Gasteiger partial charge in [-0.25, -0.2) is 0 Å². The first-order valence-electron chi connectivity index (χ1n) is 11.5. The SMILES string of the molecule is COc1cc(C2CSC3=C2[N+](=O)CN(c2ccc(Cl)cc2)C3)ccc1OCCN1CCCC1. The Morgan fingerprint density at radius 3 is 2.67 bits per heavy atom. The van der Waals surface area contributed by atoms with Gasteiger partial charge < -0.3 is 14.4 Å². The fourth-order valence-electron chi connectivity index (χ4n) is 4.82. The molecule has 0 bridgehead atoms. The van der Waals surface area contributed by atoms with Gasteiger partial charge in [0.15, 0.2) is 11.5 Å². The largest absolute Gasteiger partial charge is 0.493 e. The van der Waals surface area contributed by atoms with Crippen molar-refractivity contribution >= 4 is 29.1 Å². The summed E-state index contributed by atoms with van der Waals surface area (Å²) in [7, 11) is 1.67. The van der Waals surface area contributed by atoms with Gasteiger partial charge in [-0.2, -0.15) is 0 Å². The molecule has 2 aromatic carbocycles. The van der Waals surface area contributed by atoms with Crippen molar-refractivity contribution in [2.45, 2.75) is 18.8 Å². The minimum Gasteiger partial charge on any atom is -0.493 e. The van der Waals surface area contributed by atoms with Crippen LogP contribution in [0.4, 0.5) is 5.69 Å². The molecule has 5 rings (SSSR count). The van der Waals surface area contributed by atoms with Crippen LogP contribution < -0.4 is 14.4 Å². The first-order chi connectivity index (χ1) is 16.1. The number of nitrogens with zero attached hydrogens (tertiary/aromatic N) is 3. The maximum atomic E-state index is 13.1. The quantitative estimate of drug-likeness (QED) is 0.506. The Balaban J connectivity index is 1.30. The Morgan fingerprint density at radius 1 is 1.12 bits per heavy atom. The van der Waals surface area contributed by atoms with Crippen LogP contribution in [0.25, 0.3) is 0 Å². The summed E-state index contributed by atoms with van der Waals surface area (Å²) in [5, 5.41) is 0.697. The molecule has 33 heavy (non-hydrogen) atoms. The van der Waals surface area contributed by atoms with Crippen LogP contribution in [0.2, 0.25) is 5.02 Å². The van der Waals surface area contributed by atoms with Crippen LogP contribution in [0.1, 0.15) is 24.3 Å². The van der Waals surface area contributed by atoms with Crippen LogP contribution in [0.3, 0.4) is 0 Å². The van der Waals surface area contributed by atoms with Gasteiger partial charge in [0.1, 0.15) is 6.61 Å². The van der Waals surface area contributed by atoms with Gasteiger partial charge in [0.2, 0.25) is 0 Å². The average Bonchev–Trinajstić information content (AvgIpc) is 3.50. The number of hydrogen-bond acceptors (Lipinski definition) is 6. The highest BCUT2D eigenvalue weighted by Gasteiger charge is 2.43. The van der Waals surface area contributed by atoms with Crippen molar-refractivity contribution in [3.63, 3.8) is 0 Å². The fraction of sp³-hybridized carbons (Fsp3) is 0.440. The van der Waals surface area contributed by atoms with E-state index >= 15 is 0 Å². The van der Waals surface area contributed by atoms with Gasteiger partial charge in [0.05, 0.1) is 29.2 Å². The zero-order chi connectivity index (χ0) is 22.8. The van der Waals surface area contributed by atoms with Crippen LogP contribution in [0.15, 0.2) is 53.1 Å². The van der Waals surface area contributed by atoms with Crippen molar-refractivity contribution in [1.82, 2.24) is 4.90 Å². The van der Waals surface area contributed by atoms with Gasteiger partial charge in [-0.1, -0.05) is 17.7 Å². The molecule has 1 atom stereocenters. The highest BCUT2D eigenvalue weighted by Crippen LogP contribution is 2.46. The second-order valence-corrected chi connectivity index (χ2v) is 10.2. The van der Waals surface area contributed by atoms with Crippen molar-refractivity contribution in [3.8, 4) is 11.5 Å². The molecule has 0 aliphatic carbocycles. The Kier molecular flexibility index (Phi) is 6.81. The average molecular weight is 487 g/mol. The molecule has 1 fully saturated rings. The van der Waals surface area contributed by atoms with E-state index in [4.69, 9.17) is 21.1 Å². The standard InChI is InChI=1S/C25H29ClN3O3S/c1-31-23-14-18(4-9-22(23)32-13-12-27-10-2-3-11-27)21-16-33-24-15-28(17-29(30)25(21)24)20-7-5-19(26)6-8-20/h4-9,14,21H,2-3,10-13,15-17H2,1H3/q+1. The van der Waals surface area contributed by atoms with Gasteiger partial charge in [-0.15, -0.1) is 11.8 Å². The summed E-state index contributed by atoms with van der Waals surface area (Å²) in [6.07, 6.45) is 2.56. The molecule has 0 N–H and O–H groups in total. The first-order valence-corrected chi connectivity index (χ1v) is 12.8. The van der Waals surface area contributed by atoms with Gasteiger partial charge in [-0.3, -0.25) is 4.90 Å². The lowest BCUT2D eigenvalue weighted by molar-refractivity contribution is -0.505. The van der Waals surface area contributed by atoms with E-state index in [2.05, 4.69) is 15.9 Å². The number of likely N-dealkylation sites (tertiary alicyclic amines) is 1. The number of anilines is 1. The van der Waals surface area contributed by atoms with Crippen molar-refractivity contribution < 1.29 is 14.2 Å². The number of methoxy groups -OCH3 is 1. The molecule has 2 aromatic rings. The highest BCUT2D eigenvalue weighted by atomic mass is 35.5. The minimum absolute atomic E-state index is 0.0578. The Labute approximate surface area is 204 Å². The summed E-state index contributed by atoms with van der Waals surface area (Å²) < 4.78 is 12.8. The zero-order valence-electron chi connectivity index (χ0n) is 18.8. The predicted octanol–water partition coefficient (Wildman–Crippen LogP) is 5.12. The van der Waals surface area contributed by atoms with Crippen LogP contribution in [0, 0.1) is 4.91 Å². The number of benzene rings is 2. The number of halogens is 1. The van der Waals surface area contributed by atoms with Gasteiger partial charge in [0.25, 0.3) is 12.4 Å². The fourth-order valence-corrected chi connectivity index (χ4v) is 6.30. The zero-order valence-corrected chi connectivity index (χ0v) is 20.4. The van der Waals surface area contributed by atoms with Crippen molar-refractivity contribution in [2.75, 3.05) is 57.2 Å². The number of rotatable bonds is 7. The molecular formula is C25H29ClN3O3S+. The van der Waals surface area contributed by atoms with Crippen LogP contribution in [0.5, 0.6) is 11.5 Å². The normalized spacial score (nSPS) is 21.0. The monoisotopic (exact) mass is 486 g/mol. The van der Waals surface area contributed by atoms with Crippen molar-refractivity contribution in [2.24, 2.45) is 0 Å². The van der Waals surface area contributed by atoms with Gasteiger partial charge in [0, 0.05) is 27.9 Å². The molecule has 0 radical (unpaired) electrons. The van der Waals surface area contributed by atoms with E-state index in [1.807, 2.05) is 36.4 Å². The number of hydrogen-bond donors (Lipinski definition) is 0. The van der Waals surface area contributed by atoms with E-state index < -0.39 is 0 Å². The first kappa shape index (κ1) is 22.6. The molecule has 0 spiro atoms. The number of ether oxygens (including phenoxy) is 2. The van der Waals surface area contributed by atoms with Crippen molar-refractivity contribution in [3.05, 3.63) is 68.6 Å². The number of allylic oxidation sites excluding steroid dienone is 1. The molecule has 174 valence electrons.